The molecule has 3 aromatic rings. The third-order valence-electron chi connectivity index (χ3n) is 3.83. The van der Waals surface area contributed by atoms with E-state index in [0.29, 0.717) is 10.4 Å². The van der Waals surface area contributed by atoms with Crippen LogP contribution in [-0.2, 0) is 17.1 Å². The smallest absolute Gasteiger partial charge is 0.302 e. The van der Waals surface area contributed by atoms with E-state index in [1.165, 1.54) is 16.7 Å². The van der Waals surface area contributed by atoms with Crippen LogP contribution in [0.15, 0.2) is 46.1 Å². The number of aromatic nitrogens is 1. The van der Waals surface area contributed by atoms with Crippen LogP contribution in [0.25, 0.3) is 10.2 Å². The summed E-state index contributed by atoms with van der Waals surface area (Å²) in [6.07, 6.45) is 0. The van der Waals surface area contributed by atoms with Crippen LogP contribution in [0.1, 0.15) is 11.1 Å². The van der Waals surface area contributed by atoms with E-state index in [9.17, 15) is 13.2 Å². The van der Waals surface area contributed by atoms with Crippen LogP contribution in [0.4, 0.5) is 5.69 Å². The molecule has 3 rings (SSSR count). The molecule has 0 aliphatic carbocycles. The van der Waals surface area contributed by atoms with Gasteiger partial charge in [-0.2, -0.15) is 0 Å². The van der Waals surface area contributed by atoms with E-state index < -0.39 is 10.0 Å². The summed E-state index contributed by atoms with van der Waals surface area (Å²) in [7, 11) is -2.02. The minimum atomic E-state index is -3.69. The highest BCUT2D eigenvalue weighted by molar-refractivity contribution is 7.92. The van der Waals surface area contributed by atoms with E-state index in [0.717, 1.165) is 28.0 Å². The highest BCUT2D eigenvalue weighted by Gasteiger charge is 2.16. The van der Waals surface area contributed by atoms with Gasteiger partial charge in [0.25, 0.3) is 10.0 Å². The average Bonchev–Trinajstić information content (AvgIpc) is 2.77. The van der Waals surface area contributed by atoms with Gasteiger partial charge in [0.2, 0.25) is 0 Å². The Kier molecular flexibility index (Phi) is 3.77. The Labute approximate surface area is 138 Å². The van der Waals surface area contributed by atoms with Gasteiger partial charge in [-0.1, -0.05) is 17.4 Å². The lowest BCUT2D eigenvalue weighted by Gasteiger charge is -2.10. The van der Waals surface area contributed by atoms with E-state index in [1.54, 1.807) is 25.2 Å². The second kappa shape index (κ2) is 5.50. The lowest BCUT2D eigenvalue weighted by Crippen LogP contribution is -2.13. The zero-order valence-corrected chi connectivity index (χ0v) is 14.6. The maximum atomic E-state index is 12.5. The van der Waals surface area contributed by atoms with Gasteiger partial charge in [-0.05, 0) is 55.3 Å². The van der Waals surface area contributed by atoms with Gasteiger partial charge in [0, 0.05) is 12.7 Å². The van der Waals surface area contributed by atoms with Gasteiger partial charge in [-0.15, -0.1) is 0 Å². The van der Waals surface area contributed by atoms with E-state index in [4.69, 9.17) is 0 Å². The molecule has 5 nitrogen and oxygen atoms in total. The molecular weight excluding hydrogens is 332 g/mol. The Bertz CT molecular complexity index is 1060. The standard InChI is InChI=1S/C16H16N2O3S2/c1-10-4-5-12(8-11(10)2)17-23(20,21)13-6-7-14-15(9-13)22-16(19)18(14)3/h4-9,17H,1-3H3. The second-order valence-corrected chi connectivity index (χ2v) is 8.14. The molecule has 1 N–H and O–H groups in total. The summed E-state index contributed by atoms with van der Waals surface area (Å²) in [6.45, 7) is 3.90. The predicted molar refractivity (Wildman–Crippen MR) is 93.8 cm³/mol. The fourth-order valence-electron chi connectivity index (χ4n) is 2.30. The van der Waals surface area contributed by atoms with Gasteiger partial charge in [0.05, 0.1) is 15.1 Å². The molecule has 0 aliphatic rings. The number of hydrogen-bond acceptors (Lipinski definition) is 4. The number of sulfonamides is 1. The summed E-state index contributed by atoms with van der Waals surface area (Å²) in [5, 5.41) is 0. The summed E-state index contributed by atoms with van der Waals surface area (Å²) in [4.78, 5) is 11.7. The number of hydrogen-bond donors (Lipinski definition) is 1. The van der Waals surface area contributed by atoms with E-state index in [1.807, 2.05) is 19.9 Å². The first-order chi connectivity index (χ1) is 10.8. The Balaban J connectivity index is 2.01. The molecule has 0 aliphatic heterocycles. The Morgan fingerprint density at radius 2 is 1.78 bits per heavy atom. The minimum absolute atomic E-state index is 0.114. The molecule has 0 bridgehead atoms. The number of rotatable bonds is 3. The van der Waals surface area contributed by atoms with Crippen LogP contribution in [0.2, 0.25) is 0 Å². The van der Waals surface area contributed by atoms with Crippen molar-refractivity contribution in [2.45, 2.75) is 18.7 Å². The first-order valence-electron chi connectivity index (χ1n) is 6.97. The number of fused-ring (bicyclic) bond motifs is 1. The summed E-state index contributed by atoms with van der Waals surface area (Å²) in [5.41, 5.74) is 3.37. The molecule has 1 aromatic heterocycles. The Hall–Kier alpha value is -2.12. The molecule has 0 saturated heterocycles. The summed E-state index contributed by atoms with van der Waals surface area (Å²) in [5.74, 6) is 0. The summed E-state index contributed by atoms with van der Waals surface area (Å²) in [6, 6.07) is 10.1. The number of aryl methyl sites for hydroxylation is 3. The fourth-order valence-corrected chi connectivity index (χ4v) is 4.37. The van der Waals surface area contributed by atoms with Crippen LogP contribution < -0.4 is 9.60 Å². The van der Waals surface area contributed by atoms with Crippen molar-refractivity contribution in [1.82, 2.24) is 4.57 Å². The molecular formula is C16H16N2O3S2. The van der Waals surface area contributed by atoms with Crippen molar-refractivity contribution in [3.8, 4) is 0 Å². The summed E-state index contributed by atoms with van der Waals surface area (Å²) < 4.78 is 29.8. The van der Waals surface area contributed by atoms with Crippen LogP contribution in [0, 0.1) is 13.8 Å². The SMILES string of the molecule is Cc1ccc(NS(=O)(=O)c2ccc3c(c2)sc(=O)n3C)cc1C. The maximum Gasteiger partial charge on any atom is 0.307 e. The molecule has 0 spiro atoms. The number of nitrogens with one attached hydrogen (secondary N) is 1. The van der Waals surface area contributed by atoms with Gasteiger partial charge in [-0.25, -0.2) is 8.42 Å². The highest BCUT2D eigenvalue weighted by atomic mass is 32.2. The van der Waals surface area contributed by atoms with Gasteiger partial charge < -0.3 is 4.57 Å². The van der Waals surface area contributed by atoms with Crippen molar-refractivity contribution >= 4 is 37.3 Å². The zero-order valence-electron chi connectivity index (χ0n) is 13.0. The number of nitrogens with zero attached hydrogens (tertiary/aromatic N) is 1. The van der Waals surface area contributed by atoms with Crippen LogP contribution in [0.5, 0.6) is 0 Å². The molecule has 0 atom stereocenters. The molecule has 7 heteroatoms. The van der Waals surface area contributed by atoms with Crippen molar-refractivity contribution in [2.75, 3.05) is 4.72 Å². The van der Waals surface area contributed by atoms with Crippen molar-refractivity contribution in [3.05, 3.63) is 57.2 Å². The lowest BCUT2D eigenvalue weighted by molar-refractivity contribution is 0.601. The molecule has 120 valence electrons. The molecule has 0 amide bonds. The van der Waals surface area contributed by atoms with Crippen molar-refractivity contribution < 1.29 is 8.42 Å². The molecule has 0 radical (unpaired) electrons. The average molecular weight is 348 g/mol. The minimum Gasteiger partial charge on any atom is -0.302 e. The van der Waals surface area contributed by atoms with Crippen molar-refractivity contribution in [1.29, 1.82) is 0 Å². The normalized spacial score (nSPS) is 11.8. The molecule has 0 saturated carbocycles. The van der Waals surface area contributed by atoms with Gasteiger partial charge in [0.15, 0.2) is 0 Å². The molecule has 0 unspecified atom stereocenters. The van der Waals surface area contributed by atoms with Crippen molar-refractivity contribution in [2.24, 2.45) is 7.05 Å². The van der Waals surface area contributed by atoms with Crippen LogP contribution >= 0.6 is 11.3 Å². The van der Waals surface area contributed by atoms with E-state index >= 15 is 0 Å². The first-order valence-corrected chi connectivity index (χ1v) is 9.27. The zero-order chi connectivity index (χ0) is 16.8. The van der Waals surface area contributed by atoms with Gasteiger partial charge >= 0.3 is 4.87 Å². The molecule has 23 heavy (non-hydrogen) atoms. The Morgan fingerprint density at radius 3 is 2.48 bits per heavy atom. The maximum absolute atomic E-state index is 12.5. The lowest BCUT2D eigenvalue weighted by atomic mass is 10.1. The monoisotopic (exact) mass is 348 g/mol. The third-order valence-corrected chi connectivity index (χ3v) is 6.21. The van der Waals surface area contributed by atoms with E-state index in [-0.39, 0.29) is 9.77 Å². The molecule has 0 fully saturated rings. The topological polar surface area (TPSA) is 68.2 Å². The van der Waals surface area contributed by atoms with Gasteiger partial charge in [0.1, 0.15) is 0 Å². The molecule has 1 heterocycles. The van der Waals surface area contributed by atoms with Crippen LogP contribution in [0.3, 0.4) is 0 Å². The highest BCUT2D eigenvalue weighted by Crippen LogP contribution is 2.23. The second-order valence-electron chi connectivity index (χ2n) is 5.46. The quantitative estimate of drug-likeness (QED) is 0.791. The largest absolute Gasteiger partial charge is 0.307 e. The number of benzene rings is 2. The van der Waals surface area contributed by atoms with Crippen LogP contribution in [-0.4, -0.2) is 13.0 Å². The first kappa shape index (κ1) is 15.8. The Morgan fingerprint density at radius 1 is 1.04 bits per heavy atom. The van der Waals surface area contributed by atoms with Gasteiger partial charge in [-0.3, -0.25) is 9.52 Å². The predicted octanol–water partition coefficient (Wildman–Crippen LogP) is 3.02. The molecule has 2 aromatic carbocycles. The van der Waals surface area contributed by atoms with E-state index in [2.05, 4.69) is 4.72 Å². The fraction of sp³-hybridized carbons (Fsp3) is 0.188. The number of thiazole rings is 1. The number of anilines is 1. The van der Waals surface area contributed by atoms with Crippen molar-refractivity contribution in [3.63, 3.8) is 0 Å². The summed E-state index contributed by atoms with van der Waals surface area (Å²) >= 11 is 1.03. The third kappa shape index (κ3) is 2.89.